The van der Waals surface area contributed by atoms with Gasteiger partial charge in [0, 0.05) is 85.3 Å². The van der Waals surface area contributed by atoms with Crippen molar-refractivity contribution in [2.45, 2.75) is 65.6 Å². The molecule has 4 atom stereocenters. The number of fused-ring (bicyclic) bond motifs is 2. The SMILES string of the molecule is COP(O)(=S)OC1CCCN(C(=O)c2ccc(NC(=O)c3ccccc3C)cc2C)c2ccc(Cl)cc21.CO[P+](=O)OC1CCCN(C(=O)c2ccc(NC(=O)c3ccccc3C)cc2C)c2ccc(Cl)cc21. The van der Waals surface area contributed by atoms with Crippen molar-refractivity contribution in [3.05, 3.63) is 187 Å². The molecule has 6 aromatic carbocycles. The minimum atomic E-state index is -3.43. The zero-order valence-electron chi connectivity index (χ0n) is 41.0. The Morgan fingerprint density at radius 3 is 1.48 bits per heavy atom. The van der Waals surface area contributed by atoms with Gasteiger partial charge in [-0.05, 0) is 172 Å². The molecule has 19 heteroatoms. The lowest BCUT2D eigenvalue weighted by molar-refractivity contribution is 0.0978. The molecule has 0 aromatic heterocycles. The molecule has 0 spiro atoms. The number of nitrogens with one attached hydrogen (secondary N) is 2. The number of carbonyl (C=O) groups excluding carboxylic acids is 4. The number of hydrogen-bond acceptors (Lipinski definition) is 10. The van der Waals surface area contributed by atoms with Gasteiger partial charge in [0.2, 0.25) is 0 Å². The number of aryl methyl sites for hydroxylation is 4. The van der Waals surface area contributed by atoms with Gasteiger partial charge in [-0.2, -0.15) is 0 Å². The van der Waals surface area contributed by atoms with E-state index in [4.69, 9.17) is 53.1 Å². The largest absolute Gasteiger partial charge is 0.697 e. The highest BCUT2D eigenvalue weighted by Gasteiger charge is 2.35. The highest BCUT2D eigenvalue weighted by atomic mass is 35.5. The van der Waals surface area contributed by atoms with Crippen LogP contribution in [0, 0.1) is 27.7 Å². The molecule has 0 radical (unpaired) electrons. The summed E-state index contributed by atoms with van der Waals surface area (Å²) in [6.07, 6.45) is 1.26. The van der Waals surface area contributed by atoms with Gasteiger partial charge in [0.1, 0.15) is 6.10 Å². The van der Waals surface area contributed by atoms with Gasteiger partial charge in [0.15, 0.2) is 0 Å². The number of amides is 4. The summed E-state index contributed by atoms with van der Waals surface area (Å²) in [7, 11) is 0.340. The van der Waals surface area contributed by atoms with Crippen molar-refractivity contribution in [3.8, 4) is 0 Å². The third-order valence-electron chi connectivity index (χ3n) is 12.5. The number of halogens is 2. The second-order valence-electron chi connectivity index (χ2n) is 17.4. The average molecular weight is 1080 g/mol. The summed E-state index contributed by atoms with van der Waals surface area (Å²) in [5.74, 6) is -0.773. The van der Waals surface area contributed by atoms with Gasteiger partial charge in [-0.1, -0.05) is 59.6 Å². The predicted molar refractivity (Wildman–Crippen MR) is 291 cm³/mol. The molecule has 0 saturated heterocycles. The van der Waals surface area contributed by atoms with Gasteiger partial charge in [-0.3, -0.25) is 19.2 Å². The van der Waals surface area contributed by atoms with Gasteiger partial charge in [-0.25, -0.2) is 0 Å². The molecule has 0 fully saturated rings. The van der Waals surface area contributed by atoms with E-state index in [9.17, 15) is 28.6 Å². The van der Waals surface area contributed by atoms with Crippen molar-refractivity contribution in [2.24, 2.45) is 0 Å². The molecule has 4 amide bonds. The van der Waals surface area contributed by atoms with Gasteiger partial charge < -0.3 is 34.4 Å². The molecule has 3 N–H and O–H groups in total. The van der Waals surface area contributed by atoms with Crippen LogP contribution in [0.1, 0.15) is 113 Å². The van der Waals surface area contributed by atoms with Crippen LogP contribution >= 0.6 is 38.2 Å². The normalized spacial score (nSPS) is 16.3. The van der Waals surface area contributed by atoms with Crippen LogP contribution in [0.15, 0.2) is 121 Å². The van der Waals surface area contributed by atoms with Gasteiger partial charge in [0.25, 0.3) is 23.6 Å². The molecule has 6 aromatic rings. The molecule has 0 saturated carbocycles. The zero-order chi connectivity index (χ0) is 52.6. The Bertz CT molecular complexity index is 3140. The van der Waals surface area contributed by atoms with E-state index in [1.165, 1.54) is 14.2 Å². The fourth-order valence-corrected chi connectivity index (χ4v) is 10.6. The number of anilines is 4. The van der Waals surface area contributed by atoms with E-state index in [-0.39, 0.29) is 23.6 Å². The van der Waals surface area contributed by atoms with Gasteiger partial charge in [-0.15, -0.1) is 9.05 Å². The summed E-state index contributed by atoms with van der Waals surface area (Å²) in [5, 5.41) is 6.80. The minimum Gasteiger partial charge on any atom is -0.324 e. The van der Waals surface area contributed by atoms with Gasteiger partial charge in [0.05, 0.1) is 18.9 Å². The van der Waals surface area contributed by atoms with Crippen LogP contribution in [-0.4, -0.2) is 55.8 Å². The second kappa shape index (κ2) is 24.6. The molecule has 2 heterocycles. The molecular weight excluding hydrogens is 1030 g/mol. The van der Waals surface area contributed by atoms with Crippen molar-refractivity contribution in [2.75, 3.05) is 47.7 Å². The first-order chi connectivity index (χ1) is 34.9. The van der Waals surface area contributed by atoms with E-state index in [1.54, 1.807) is 94.7 Å². The topological polar surface area (TPSA) is 173 Å². The third-order valence-corrected chi connectivity index (χ3v) is 15.4. The van der Waals surface area contributed by atoms with Crippen LogP contribution in [0.2, 0.25) is 10.0 Å². The summed E-state index contributed by atoms with van der Waals surface area (Å²) in [6.45, 7) is 4.92. The highest BCUT2D eigenvalue weighted by Crippen LogP contribution is 2.51. The van der Waals surface area contributed by atoms with Crippen LogP contribution in [-0.2, 0) is 34.5 Å². The number of nitrogens with zero attached hydrogens (tertiary/aromatic N) is 2. The number of rotatable bonds is 12. The lowest BCUT2D eigenvalue weighted by Crippen LogP contribution is -2.32. The van der Waals surface area contributed by atoms with E-state index < -0.39 is 27.2 Å². The number of benzene rings is 6. The van der Waals surface area contributed by atoms with Crippen LogP contribution in [0.3, 0.4) is 0 Å². The Morgan fingerprint density at radius 1 is 0.616 bits per heavy atom. The summed E-state index contributed by atoms with van der Waals surface area (Å²) < 4.78 is 33.1. The van der Waals surface area contributed by atoms with Crippen LogP contribution < -0.4 is 20.4 Å². The van der Waals surface area contributed by atoms with Crippen molar-refractivity contribution in [3.63, 3.8) is 0 Å². The Morgan fingerprint density at radius 2 is 1.05 bits per heavy atom. The Hall–Kier alpha value is -5.67. The van der Waals surface area contributed by atoms with Crippen LogP contribution in [0.25, 0.3) is 0 Å². The molecule has 8 rings (SSSR count). The maximum Gasteiger partial charge on any atom is 0.697 e. The van der Waals surface area contributed by atoms with Crippen molar-refractivity contribution < 1.29 is 46.7 Å². The van der Waals surface area contributed by atoms with E-state index in [0.29, 0.717) is 105 Å². The summed E-state index contributed by atoms with van der Waals surface area (Å²) >= 11 is 17.6. The Kier molecular flexibility index (Phi) is 18.5. The highest BCUT2D eigenvalue weighted by molar-refractivity contribution is 8.07. The molecule has 14 nitrogen and oxygen atoms in total. The molecule has 73 heavy (non-hydrogen) atoms. The van der Waals surface area contributed by atoms with Crippen molar-refractivity contribution in [1.82, 2.24) is 0 Å². The molecule has 4 unspecified atom stereocenters. The lowest BCUT2D eigenvalue weighted by Gasteiger charge is -2.26. The zero-order valence-corrected chi connectivity index (χ0v) is 45.1. The second-order valence-corrected chi connectivity index (χ2v) is 22.2. The van der Waals surface area contributed by atoms with Crippen molar-refractivity contribution in [1.29, 1.82) is 0 Å². The number of carbonyl (C=O) groups is 4. The molecular formula is C54H55Cl2N4O10P2S+. The first kappa shape index (κ1) is 55.1. The summed E-state index contributed by atoms with van der Waals surface area (Å²) in [6, 6.07) is 35.7. The van der Waals surface area contributed by atoms with E-state index >= 15 is 0 Å². The van der Waals surface area contributed by atoms with Crippen molar-refractivity contribution >= 4 is 96.4 Å². The first-order valence-electron chi connectivity index (χ1n) is 23.3. The van der Waals surface area contributed by atoms with E-state index in [1.807, 2.05) is 64.1 Å². The minimum absolute atomic E-state index is 0.176. The molecule has 380 valence electrons. The summed E-state index contributed by atoms with van der Waals surface area (Å²) in [5.41, 5.74) is 9.32. The fourth-order valence-electron chi connectivity index (χ4n) is 8.78. The smallest absolute Gasteiger partial charge is 0.324 e. The predicted octanol–water partition coefficient (Wildman–Crippen LogP) is 13.6. The maximum absolute atomic E-state index is 13.7. The fraction of sp³-hybridized carbons (Fsp3) is 0.259. The standard InChI is InChI=1S/C27H28ClN2O5PS.C27H26ClN2O5P/c1-17-7-4-5-8-21(17)26(31)29-20-11-12-22(18(2)15-20)27(32)30-14-6-9-25(35-36(33,37)34-3)23-16-19(28)10-13-24(23)30;1-17-7-4-5-8-21(17)26(31)29-20-11-12-22(18(2)15-20)27(32)30-14-6-9-25(35-36(33)34-3)23-16-19(28)10-13-24(23)30/h4-5,7-8,10-13,15-16,25H,6,9,14H2,1-3H3,(H,29,31)(H,33,37);4-5,7-8,10-13,15-16,25H,6,9,14H2,1-3H3/p+1. The molecule has 2 aliphatic rings. The van der Waals surface area contributed by atoms with E-state index in [0.717, 1.165) is 22.3 Å². The third kappa shape index (κ3) is 13.6. The molecule has 0 aliphatic carbocycles. The monoisotopic (exact) mass is 1080 g/mol. The molecule has 0 bridgehead atoms. The maximum atomic E-state index is 13.7. The Labute approximate surface area is 441 Å². The number of hydrogen-bond donors (Lipinski definition) is 3. The van der Waals surface area contributed by atoms with Gasteiger partial charge >= 0.3 is 15.0 Å². The van der Waals surface area contributed by atoms with E-state index in [2.05, 4.69) is 10.6 Å². The van der Waals surface area contributed by atoms with Crippen LogP contribution in [0.4, 0.5) is 22.7 Å². The molecule has 2 aliphatic heterocycles. The Balaban J connectivity index is 0.000000214. The summed E-state index contributed by atoms with van der Waals surface area (Å²) in [4.78, 5) is 66.5. The first-order valence-corrected chi connectivity index (χ1v) is 27.7. The quantitative estimate of drug-likeness (QED) is 0.0996. The lowest BCUT2D eigenvalue weighted by atomic mass is 10.0. The van der Waals surface area contributed by atoms with Crippen LogP contribution in [0.5, 0.6) is 0 Å². The average Bonchev–Trinajstić information content (AvgIpc) is 3.64.